The predicted octanol–water partition coefficient (Wildman–Crippen LogP) is -2.40. The molecule has 0 heterocycles. The van der Waals surface area contributed by atoms with E-state index in [-0.39, 0.29) is 32.7 Å². The Hall–Kier alpha value is -0.880. The first-order chi connectivity index (χ1) is 10.9. The van der Waals surface area contributed by atoms with Gasteiger partial charge in [-0.25, -0.2) is 0 Å². The smallest absolute Gasteiger partial charge is 0.181 e. The largest absolute Gasteiger partial charge is 0.388 e. The molecule has 9 nitrogen and oxygen atoms in total. The number of ether oxygens (including phenoxy) is 2. The summed E-state index contributed by atoms with van der Waals surface area (Å²) in [6, 6.07) is 0. The summed E-state index contributed by atoms with van der Waals surface area (Å²) in [7, 11) is 0. The van der Waals surface area contributed by atoms with Crippen LogP contribution in [0.15, 0.2) is 25.3 Å². The summed E-state index contributed by atoms with van der Waals surface area (Å²) >= 11 is 0. The van der Waals surface area contributed by atoms with E-state index in [0.717, 1.165) is 0 Å². The fourth-order valence-corrected chi connectivity index (χ4v) is 1.46. The van der Waals surface area contributed by atoms with Crippen LogP contribution >= 0.6 is 0 Å². The molecular weight excluding hydrogens is 308 g/mol. The lowest BCUT2D eigenvalue weighted by molar-refractivity contribution is -0.191. The monoisotopic (exact) mass is 336 g/mol. The highest BCUT2D eigenvalue weighted by atomic mass is 16.6. The molecule has 0 aromatic heterocycles. The first-order valence-electron chi connectivity index (χ1n) is 7.26. The van der Waals surface area contributed by atoms with E-state index >= 15 is 0 Å². The molecule has 5 atom stereocenters. The van der Waals surface area contributed by atoms with Crippen LogP contribution in [0.4, 0.5) is 0 Å². The van der Waals surface area contributed by atoms with E-state index < -0.39 is 31.1 Å². The van der Waals surface area contributed by atoms with Crippen LogP contribution in [0.2, 0.25) is 0 Å². The van der Waals surface area contributed by atoms with Crippen LogP contribution in [0.1, 0.15) is 6.42 Å². The molecule has 9 heteroatoms. The van der Waals surface area contributed by atoms with Gasteiger partial charge in [0, 0.05) is 19.5 Å². The fraction of sp³-hybridized carbons (Fsp3) is 0.714. The van der Waals surface area contributed by atoms with Crippen molar-refractivity contribution in [2.75, 3.05) is 26.3 Å². The molecule has 0 spiro atoms. The molecule has 0 saturated carbocycles. The van der Waals surface area contributed by atoms with E-state index in [9.17, 15) is 15.3 Å². The summed E-state index contributed by atoms with van der Waals surface area (Å²) in [6.45, 7) is 7.41. The Morgan fingerprint density at radius 1 is 0.826 bits per heavy atom. The van der Waals surface area contributed by atoms with Gasteiger partial charge in [0.25, 0.3) is 0 Å². The molecule has 136 valence electrons. The van der Waals surface area contributed by atoms with Gasteiger partial charge in [-0.3, -0.25) is 10.6 Å². The zero-order chi connectivity index (χ0) is 17.7. The van der Waals surface area contributed by atoms with Crippen molar-refractivity contribution in [1.29, 1.82) is 0 Å². The van der Waals surface area contributed by atoms with Gasteiger partial charge in [-0.2, -0.15) is 0 Å². The van der Waals surface area contributed by atoms with Crippen LogP contribution < -0.4 is 10.6 Å². The Kier molecular flexibility index (Phi) is 13.0. The van der Waals surface area contributed by atoms with E-state index in [0.29, 0.717) is 0 Å². The third kappa shape index (κ3) is 12.2. The van der Waals surface area contributed by atoms with E-state index in [1.54, 1.807) is 0 Å². The molecule has 0 rings (SSSR count). The van der Waals surface area contributed by atoms with Crippen molar-refractivity contribution < 1.29 is 35.0 Å². The van der Waals surface area contributed by atoms with Crippen LogP contribution in [0.25, 0.3) is 0 Å². The highest BCUT2D eigenvalue weighted by Gasteiger charge is 2.21. The van der Waals surface area contributed by atoms with E-state index in [1.165, 1.54) is 12.2 Å². The van der Waals surface area contributed by atoms with Crippen LogP contribution in [-0.4, -0.2) is 83.0 Å². The average molecular weight is 336 g/mol. The summed E-state index contributed by atoms with van der Waals surface area (Å²) in [5, 5.41) is 52.3. The van der Waals surface area contributed by atoms with Gasteiger partial charge in [0.15, 0.2) is 12.6 Å². The quantitative estimate of drug-likeness (QED) is 0.0988. The molecular formula is C14H28N2O7. The normalized spacial score (nSPS) is 18.0. The molecule has 0 saturated heterocycles. The highest BCUT2D eigenvalue weighted by molar-refractivity contribution is 4.76. The summed E-state index contributed by atoms with van der Waals surface area (Å²) in [5.74, 6) is 0. The lowest BCUT2D eigenvalue weighted by atomic mass is 10.2. The molecule has 0 fully saturated rings. The standard InChI is InChI=1S/C14H28N2O7/c1-3-11(18)15-5-7-22-13(20)9-10(17)14(21)23-8-6-16-12(19)4-2/h3-4,10-21H,1-2,5-9H2/t10?,11?,12?,13-,14?/m0/s1. The van der Waals surface area contributed by atoms with Crippen molar-refractivity contribution in [1.82, 2.24) is 10.6 Å². The summed E-state index contributed by atoms with van der Waals surface area (Å²) in [6.07, 6.45) is -3.48. The second-order valence-electron chi connectivity index (χ2n) is 4.66. The molecule has 0 aliphatic rings. The first-order valence-corrected chi connectivity index (χ1v) is 7.26. The molecule has 0 aliphatic carbocycles. The van der Waals surface area contributed by atoms with E-state index in [1.807, 2.05) is 0 Å². The number of nitrogens with one attached hydrogen (secondary N) is 2. The van der Waals surface area contributed by atoms with Gasteiger partial charge in [0.05, 0.1) is 13.2 Å². The molecule has 7 N–H and O–H groups in total. The third-order valence-corrected chi connectivity index (χ3v) is 2.73. The predicted molar refractivity (Wildman–Crippen MR) is 83.0 cm³/mol. The molecule has 0 aliphatic heterocycles. The number of aliphatic hydroxyl groups excluding tert-OH is 5. The summed E-state index contributed by atoms with van der Waals surface area (Å²) in [5.41, 5.74) is 0. The number of aliphatic hydroxyl groups is 5. The minimum absolute atomic E-state index is 0.0451. The van der Waals surface area contributed by atoms with Crippen molar-refractivity contribution in [3.63, 3.8) is 0 Å². The van der Waals surface area contributed by atoms with E-state index in [2.05, 4.69) is 23.8 Å². The highest BCUT2D eigenvalue weighted by Crippen LogP contribution is 2.05. The Morgan fingerprint density at radius 2 is 1.30 bits per heavy atom. The molecule has 4 unspecified atom stereocenters. The molecule has 0 radical (unpaired) electrons. The number of hydrogen-bond donors (Lipinski definition) is 7. The van der Waals surface area contributed by atoms with Gasteiger partial charge in [0.1, 0.15) is 18.6 Å². The van der Waals surface area contributed by atoms with Crippen LogP contribution in [0, 0.1) is 0 Å². The summed E-state index contributed by atoms with van der Waals surface area (Å²) in [4.78, 5) is 0. The minimum Gasteiger partial charge on any atom is -0.388 e. The topological polar surface area (TPSA) is 144 Å². The molecule has 0 aromatic carbocycles. The maximum absolute atomic E-state index is 9.66. The van der Waals surface area contributed by atoms with E-state index in [4.69, 9.17) is 19.7 Å². The van der Waals surface area contributed by atoms with Crippen molar-refractivity contribution in [2.24, 2.45) is 0 Å². The van der Waals surface area contributed by atoms with Crippen molar-refractivity contribution >= 4 is 0 Å². The maximum Gasteiger partial charge on any atom is 0.181 e. The van der Waals surface area contributed by atoms with Gasteiger partial charge in [-0.05, 0) is 12.2 Å². The van der Waals surface area contributed by atoms with Crippen LogP contribution in [0.3, 0.4) is 0 Å². The zero-order valence-electron chi connectivity index (χ0n) is 13.0. The SMILES string of the molecule is C=CC(O)NCCOC(O)C(O)C[C@@H](O)OCCNC(O)C=C. The number of rotatable bonds is 15. The van der Waals surface area contributed by atoms with Gasteiger partial charge in [0.2, 0.25) is 0 Å². The van der Waals surface area contributed by atoms with Gasteiger partial charge < -0.3 is 35.0 Å². The Bertz CT molecular complexity index is 320. The third-order valence-electron chi connectivity index (χ3n) is 2.73. The van der Waals surface area contributed by atoms with Crippen LogP contribution in [0.5, 0.6) is 0 Å². The number of hydrogen-bond acceptors (Lipinski definition) is 9. The average Bonchev–Trinajstić information content (AvgIpc) is 2.54. The maximum atomic E-state index is 9.66. The lowest BCUT2D eigenvalue weighted by Crippen LogP contribution is -2.37. The molecule has 0 amide bonds. The van der Waals surface area contributed by atoms with Gasteiger partial charge in [-0.1, -0.05) is 13.2 Å². The Morgan fingerprint density at radius 3 is 1.78 bits per heavy atom. The molecule has 0 bridgehead atoms. The van der Waals surface area contributed by atoms with Crippen molar-refractivity contribution in [3.05, 3.63) is 25.3 Å². The lowest BCUT2D eigenvalue weighted by Gasteiger charge is -2.21. The second kappa shape index (κ2) is 13.5. The minimum atomic E-state index is -1.49. The zero-order valence-corrected chi connectivity index (χ0v) is 13.0. The van der Waals surface area contributed by atoms with Crippen LogP contribution in [-0.2, 0) is 9.47 Å². The molecule has 23 heavy (non-hydrogen) atoms. The van der Waals surface area contributed by atoms with Crippen molar-refractivity contribution in [3.8, 4) is 0 Å². The Balaban J connectivity index is 3.73. The van der Waals surface area contributed by atoms with Gasteiger partial charge >= 0.3 is 0 Å². The fourth-order valence-electron chi connectivity index (χ4n) is 1.46. The summed E-state index contributed by atoms with van der Waals surface area (Å²) < 4.78 is 9.94. The molecule has 0 aromatic rings. The van der Waals surface area contributed by atoms with Gasteiger partial charge in [-0.15, -0.1) is 0 Å². The first kappa shape index (κ1) is 22.1. The Labute approximate surface area is 135 Å². The second-order valence-corrected chi connectivity index (χ2v) is 4.66. The van der Waals surface area contributed by atoms with Crippen molar-refractivity contribution in [2.45, 2.75) is 37.6 Å².